The monoisotopic (exact) mass is 491 g/mol. The second-order valence-electron chi connectivity index (χ2n) is 8.25. The predicted octanol–water partition coefficient (Wildman–Crippen LogP) is 4.46. The normalized spacial score (nSPS) is 13.9. The van der Waals surface area contributed by atoms with Gasteiger partial charge in [-0.15, -0.1) is 0 Å². The van der Waals surface area contributed by atoms with E-state index in [0.717, 1.165) is 12.0 Å². The summed E-state index contributed by atoms with van der Waals surface area (Å²) >= 11 is 5.93. The van der Waals surface area contributed by atoms with Gasteiger partial charge in [0.05, 0.1) is 12.8 Å². The molecule has 0 aromatic heterocycles. The molecule has 0 radical (unpaired) electrons. The Morgan fingerprint density at radius 1 is 1.06 bits per heavy atom. The van der Waals surface area contributed by atoms with Crippen molar-refractivity contribution in [1.82, 2.24) is 5.32 Å². The van der Waals surface area contributed by atoms with Crippen LogP contribution in [0.25, 0.3) is 0 Å². The zero-order chi connectivity index (χ0) is 24.8. The van der Waals surface area contributed by atoms with E-state index in [-0.39, 0.29) is 17.7 Å². The van der Waals surface area contributed by atoms with Crippen molar-refractivity contribution >= 4 is 40.7 Å². The van der Waals surface area contributed by atoms with E-state index >= 15 is 0 Å². The maximum Gasteiger partial charge on any atom is 0.251 e. The maximum absolute atomic E-state index is 13.3. The van der Waals surface area contributed by atoms with Crippen LogP contribution >= 0.6 is 11.6 Å². The van der Waals surface area contributed by atoms with Crippen molar-refractivity contribution in [1.29, 1.82) is 0 Å². The van der Waals surface area contributed by atoms with Gasteiger partial charge in [0, 0.05) is 41.7 Å². The Morgan fingerprint density at radius 3 is 2.46 bits per heavy atom. The van der Waals surface area contributed by atoms with Gasteiger partial charge in [0.2, 0.25) is 11.8 Å². The molecular weight excluding hydrogens is 466 g/mol. The molecule has 0 aliphatic carbocycles. The van der Waals surface area contributed by atoms with Crippen molar-refractivity contribution in [2.45, 2.75) is 25.3 Å². The summed E-state index contributed by atoms with van der Waals surface area (Å²) < 4.78 is 5.49. The molecule has 1 heterocycles. The molecule has 180 valence electrons. The number of methoxy groups -OCH3 is 1. The van der Waals surface area contributed by atoms with Gasteiger partial charge in [-0.05, 0) is 48.4 Å². The number of carbonyl (C=O) groups is 3. The number of nitrogens with one attached hydrogen (secondary N) is 2. The van der Waals surface area contributed by atoms with Gasteiger partial charge in [-0.25, -0.2) is 0 Å². The van der Waals surface area contributed by atoms with Crippen LogP contribution in [0, 0.1) is 0 Å². The van der Waals surface area contributed by atoms with Crippen molar-refractivity contribution in [3.8, 4) is 5.75 Å². The lowest BCUT2D eigenvalue weighted by Gasteiger charge is -2.21. The van der Waals surface area contributed by atoms with E-state index in [0.29, 0.717) is 47.1 Å². The first-order valence-corrected chi connectivity index (χ1v) is 11.7. The van der Waals surface area contributed by atoms with E-state index in [9.17, 15) is 14.4 Å². The molecule has 1 saturated heterocycles. The van der Waals surface area contributed by atoms with Crippen molar-refractivity contribution in [3.63, 3.8) is 0 Å². The van der Waals surface area contributed by atoms with Gasteiger partial charge in [-0.3, -0.25) is 14.4 Å². The Labute approximate surface area is 209 Å². The smallest absolute Gasteiger partial charge is 0.251 e. The lowest BCUT2D eigenvalue weighted by Crippen LogP contribution is -2.45. The van der Waals surface area contributed by atoms with Crippen LogP contribution in [0.5, 0.6) is 5.75 Å². The average molecular weight is 492 g/mol. The van der Waals surface area contributed by atoms with E-state index in [2.05, 4.69) is 10.6 Å². The number of ether oxygens (including phenoxy) is 1. The van der Waals surface area contributed by atoms with Crippen LogP contribution in [0.1, 0.15) is 28.8 Å². The summed E-state index contributed by atoms with van der Waals surface area (Å²) in [4.78, 5) is 40.0. The highest BCUT2D eigenvalue weighted by Gasteiger charge is 2.26. The summed E-state index contributed by atoms with van der Waals surface area (Å²) in [5.74, 6) is -0.211. The minimum atomic E-state index is -0.827. The molecule has 0 bridgehead atoms. The predicted molar refractivity (Wildman–Crippen MR) is 136 cm³/mol. The molecule has 8 heteroatoms. The van der Waals surface area contributed by atoms with Crippen molar-refractivity contribution in [2.75, 3.05) is 23.9 Å². The zero-order valence-electron chi connectivity index (χ0n) is 19.3. The molecule has 3 amide bonds. The highest BCUT2D eigenvalue weighted by molar-refractivity contribution is 6.30. The summed E-state index contributed by atoms with van der Waals surface area (Å²) in [7, 11) is 1.52. The first kappa shape index (κ1) is 24.3. The number of nitrogens with zero attached hydrogens (tertiary/aromatic N) is 1. The van der Waals surface area contributed by atoms with Gasteiger partial charge < -0.3 is 20.3 Å². The van der Waals surface area contributed by atoms with Gasteiger partial charge in [0.1, 0.15) is 11.8 Å². The van der Waals surface area contributed by atoms with Crippen LogP contribution in [0.15, 0.2) is 72.8 Å². The number of halogens is 1. The molecule has 1 aliphatic heterocycles. The fourth-order valence-corrected chi connectivity index (χ4v) is 4.14. The first-order valence-electron chi connectivity index (χ1n) is 11.3. The molecule has 3 aromatic carbocycles. The molecule has 4 rings (SSSR count). The summed E-state index contributed by atoms with van der Waals surface area (Å²) in [6.07, 6.45) is 1.62. The Kier molecular flexibility index (Phi) is 7.67. The van der Waals surface area contributed by atoms with E-state index < -0.39 is 6.04 Å². The van der Waals surface area contributed by atoms with Crippen LogP contribution in [0.4, 0.5) is 11.4 Å². The fraction of sp³-hybridized carbons (Fsp3) is 0.222. The lowest BCUT2D eigenvalue weighted by atomic mass is 10.0. The highest BCUT2D eigenvalue weighted by atomic mass is 35.5. The molecule has 2 N–H and O–H groups in total. The van der Waals surface area contributed by atoms with Crippen LogP contribution in [-0.4, -0.2) is 37.4 Å². The van der Waals surface area contributed by atoms with Crippen molar-refractivity contribution < 1.29 is 19.1 Å². The highest BCUT2D eigenvalue weighted by Crippen LogP contribution is 2.34. The van der Waals surface area contributed by atoms with Crippen LogP contribution in [-0.2, 0) is 16.0 Å². The van der Waals surface area contributed by atoms with Gasteiger partial charge in [0.15, 0.2) is 0 Å². The number of carbonyl (C=O) groups excluding carboxylic acids is 3. The van der Waals surface area contributed by atoms with E-state index in [1.807, 2.05) is 30.3 Å². The third-order valence-corrected chi connectivity index (χ3v) is 6.07. The second-order valence-corrected chi connectivity index (χ2v) is 8.68. The quantitative estimate of drug-likeness (QED) is 0.487. The van der Waals surface area contributed by atoms with E-state index in [4.69, 9.17) is 16.3 Å². The van der Waals surface area contributed by atoms with Gasteiger partial charge in [-0.2, -0.15) is 0 Å². The Morgan fingerprint density at radius 2 is 1.80 bits per heavy atom. The number of hydrogen-bond acceptors (Lipinski definition) is 4. The average Bonchev–Trinajstić information content (AvgIpc) is 3.30. The molecule has 3 aromatic rings. The molecule has 1 unspecified atom stereocenters. The first-order chi connectivity index (χ1) is 16.9. The Bertz CT molecular complexity index is 1210. The van der Waals surface area contributed by atoms with Gasteiger partial charge in [0.25, 0.3) is 5.91 Å². The number of amides is 3. The van der Waals surface area contributed by atoms with Crippen LogP contribution in [0.3, 0.4) is 0 Å². The minimum absolute atomic E-state index is 0.0490. The Hall–Kier alpha value is -3.84. The molecule has 1 fully saturated rings. The summed E-state index contributed by atoms with van der Waals surface area (Å²) in [6.45, 7) is 0.636. The summed E-state index contributed by atoms with van der Waals surface area (Å²) in [6, 6.07) is 20.3. The van der Waals surface area contributed by atoms with Crippen LogP contribution < -0.4 is 20.3 Å². The molecule has 0 spiro atoms. The largest absolute Gasteiger partial charge is 0.494 e. The number of hydrogen-bond donors (Lipinski definition) is 2. The topological polar surface area (TPSA) is 87.7 Å². The van der Waals surface area contributed by atoms with Gasteiger partial charge in [-0.1, -0.05) is 41.9 Å². The standard InChI is InChI=1S/C27H26ClN3O4/c1-35-24-17-21(13-14-23(24)31-15-5-8-25(31)32)29-27(34)22(16-18-6-3-2-4-7-18)30-26(33)19-9-11-20(28)12-10-19/h2-4,6-7,9-14,17,22H,5,8,15-16H2,1H3,(H,29,34)(H,30,33). The van der Waals surface area contributed by atoms with E-state index in [1.54, 1.807) is 47.4 Å². The van der Waals surface area contributed by atoms with E-state index in [1.165, 1.54) is 7.11 Å². The fourth-order valence-electron chi connectivity index (χ4n) is 4.01. The molecule has 0 saturated carbocycles. The maximum atomic E-state index is 13.3. The summed E-state index contributed by atoms with van der Waals surface area (Å²) in [5, 5.41) is 6.23. The van der Waals surface area contributed by atoms with Crippen molar-refractivity contribution in [2.24, 2.45) is 0 Å². The summed E-state index contributed by atoms with van der Waals surface area (Å²) in [5.41, 5.74) is 2.48. The second kappa shape index (κ2) is 11.1. The molecular formula is C27H26ClN3O4. The SMILES string of the molecule is COc1cc(NC(=O)C(Cc2ccccc2)NC(=O)c2ccc(Cl)cc2)ccc1N1CCCC1=O. The molecule has 1 atom stereocenters. The third-order valence-electron chi connectivity index (χ3n) is 5.82. The number of benzene rings is 3. The van der Waals surface area contributed by atoms with Crippen molar-refractivity contribution in [3.05, 3.63) is 88.9 Å². The molecule has 35 heavy (non-hydrogen) atoms. The van der Waals surface area contributed by atoms with Crippen LogP contribution in [0.2, 0.25) is 5.02 Å². The lowest BCUT2D eigenvalue weighted by molar-refractivity contribution is -0.118. The number of rotatable bonds is 8. The number of anilines is 2. The Balaban J connectivity index is 1.53. The van der Waals surface area contributed by atoms with Gasteiger partial charge >= 0.3 is 0 Å². The molecule has 7 nitrogen and oxygen atoms in total. The third kappa shape index (κ3) is 6.00. The minimum Gasteiger partial charge on any atom is -0.494 e. The zero-order valence-corrected chi connectivity index (χ0v) is 20.0. The molecule has 1 aliphatic rings.